The van der Waals surface area contributed by atoms with E-state index in [2.05, 4.69) is 14.7 Å². The summed E-state index contributed by atoms with van der Waals surface area (Å²) in [5.41, 5.74) is 3.01. The third-order valence-electron chi connectivity index (χ3n) is 3.40. The van der Waals surface area contributed by atoms with E-state index in [0.717, 1.165) is 11.1 Å². The molecule has 0 radical (unpaired) electrons. The first-order valence-electron chi connectivity index (χ1n) is 7.43. The van der Waals surface area contributed by atoms with Crippen LogP contribution in [0.15, 0.2) is 60.7 Å². The van der Waals surface area contributed by atoms with Crippen LogP contribution in [0.3, 0.4) is 0 Å². The summed E-state index contributed by atoms with van der Waals surface area (Å²) in [6.45, 7) is 1.76. The molecule has 5 heteroatoms. The van der Waals surface area contributed by atoms with Crippen LogP contribution in [-0.2, 0) is 4.74 Å². The van der Waals surface area contributed by atoms with E-state index < -0.39 is 5.97 Å². The van der Waals surface area contributed by atoms with Crippen LogP contribution >= 0.6 is 0 Å². The number of hydrogen-bond donors (Lipinski definition) is 0. The van der Waals surface area contributed by atoms with Crippen LogP contribution in [0.2, 0.25) is 0 Å². The van der Waals surface area contributed by atoms with E-state index >= 15 is 0 Å². The second kappa shape index (κ2) is 6.91. The van der Waals surface area contributed by atoms with Crippen molar-refractivity contribution in [1.29, 1.82) is 0 Å². The average molecular weight is 320 g/mol. The maximum absolute atomic E-state index is 11.6. The highest BCUT2D eigenvalue weighted by atomic mass is 16.5. The van der Waals surface area contributed by atoms with Gasteiger partial charge in [0.15, 0.2) is 5.69 Å². The number of nitrogens with zero attached hydrogens (tertiary/aromatic N) is 2. The largest absolute Gasteiger partial charge is 0.464 e. The number of aryl methyl sites for hydroxylation is 1. The minimum Gasteiger partial charge on any atom is -0.464 e. The minimum absolute atomic E-state index is 0.114. The molecule has 0 N–H and O–H groups in total. The first kappa shape index (κ1) is 15.7. The van der Waals surface area contributed by atoms with Gasteiger partial charge in [-0.15, -0.1) is 0 Å². The maximum Gasteiger partial charge on any atom is 0.356 e. The smallest absolute Gasteiger partial charge is 0.356 e. The van der Waals surface area contributed by atoms with Gasteiger partial charge in [-0.05, 0) is 36.2 Å². The summed E-state index contributed by atoms with van der Waals surface area (Å²) in [6.07, 6.45) is 0. The Hall–Kier alpha value is -3.21. The highest BCUT2D eigenvalue weighted by Crippen LogP contribution is 2.24. The van der Waals surface area contributed by atoms with Crippen molar-refractivity contribution in [3.63, 3.8) is 0 Å². The van der Waals surface area contributed by atoms with E-state index in [0.29, 0.717) is 11.4 Å². The first-order chi connectivity index (χ1) is 11.7. The van der Waals surface area contributed by atoms with E-state index in [4.69, 9.17) is 4.74 Å². The Balaban J connectivity index is 1.82. The Labute approximate surface area is 139 Å². The number of carbonyl (C=O) groups excluding carboxylic acids is 1. The summed E-state index contributed by atoms with van der Waals surface area (Å²) in [5.74, 6) is 0.0703. The predicted octanol–water partition coefficient (Wildman–Crippen LogP) is 4.03. The molecule has 5 nitrogen and oxygen atoms in total. The van der Waals surface area contributed by atoms with Crippen LogP contribution in [0.4, 0.5) is 0 Å². The molecule has 0 aliphatic heterocycles. The molecule has 0 unspecified atom stereocenters. The SMILES string of the molecule is COC(=O)c1cc(C)nc(Oc2ccc(-c3ccccc3)cc2)n1. The number of rotatable bonds is 4. The molecule has 0 aliphatic rings. The van der Waals surface area contributed by atoms with Crippen molar-refractivity contribution in [2.24, 2.45) is 0 Å². The van der Waals surface area contributed by atoms with Crippen LogP contribution < -0.4 is 4.74 Å². The van der Waals surface area contributed by atoms with E-state index in [-0.39, 0.29) is 11.7 Å². The number of carbonyl (C=O) groups is 1. The number of methoxy groups -OCH3 is 1. The third kappa shape index (κ3) is 3.57. The van der Waals surface area contributed by atoms with Gasteiger partial charge < -0.3 is 9.47 Å². The first-order valence-corrected chi connectivity index (χ1v) is 7.43. The van der Waals surface area contributed by atoms with Gasteiger partial charge in [-0.3, -0.25) is 0 Å². The Morgan fingerprint density at radius 3 is 2.25 bits per heavy atom. The molecule has 2 aromatic carbocycles. The second-order valence-electron chi connectivity index (χ2n) is 5.16. The highest BCUT2D eigenvalue weighted by Gasteiger charge is 2.12. The molecule has 0 atom stereocenters. The molecule has 120 valence electrons. The molecular weight excluding hydrogens is 304 g/mol. The lowest BCUT2D eigenvalue weighted by Crippen LogP contribution is -2.07. The van der Waals surface area contributed by atoms with Crippen LogP contribution in [0.5, 0.6) is 11.8 Å². The molecule has 3 aromatic rings. The molecule has 1 heterocycles. The lowest BCUT2D eigenvalue weighted by molar-refractivity contribution is 0.0592. The zero-order valence-electron chi connectivity index (χ0n) is 13.4. The topological polar surface area (TPSA) is 61.3 Å². The molecule has 0 saturated heterocycles. The van der Waals surface area contributed by atoms with Gasteiger partial charge in [-0.1, -0.05) is 42.5 Å². The molecule has 0 spiro atoms. The van der Waals surface area contributed by atoms with Gasteiger partial charge in [0.05, 0.1) is 7.11 Å². The predicted molar refractivity (Wildman–Crippen MR) is 90.1 cm³/mol. The van der Waals surface area contributed by atoms with E-state index in [1.165, 1.54) is 7.11 Å². The zero-order chi connectivity index (χ0) is 16.9. The van der Waals surface area contributed by atoms with Gasteiger partial charge in [-0.25, -0.2) is 9.78 Å². The summed E-state index contributed by atoms with van der Waals surface area (Å²) in [6, 6.07) is 19.3. The average Bonchev–Trinajstić information content (AvgIpc) is 2.62. The van der Waals surface area contributed by atoms with Crippen molar-refractivity contribution in [3.05, 3.63) is 72.1 Å². The molecule has 0 bridgehead atoms. The number of aromatic nitrogens is 2. The number of ether oxygens (including phenoxy) is 2. The number of esters is 1. The van der Waals surface area contributed by atoms with E-state index in [9.17, 15) is 4.79 Å². The summed E-state index contributed by atoms with van der Waals surface area (Å²) >= 11 is 0. The van der Waals surface area contributed by atoms with Crippen LogP contribution in [-0.4, -0.2) is 23.0 Å². The molecule has 0 saturated carbocycles. The Bertz CT molecular complexity index is 846. The van der Waals surface area contributed by atoms with Crippen LogP contribution in [0, 0.1) is 6.92 Å². The van der Waals surface area contributed by atoms with Gasteiger partial charge in [0.25, 0.3) is 0 Å². The summed E-state index contributed by atoms with van der Waals surface area (Å²) in [7, 11) is 1.31. The Morgan fingerprint density at radius 1 is 0.917 bits per heavy atom. The van der Waals surface area contributed by atoms with Crippen molar-refractivity contribution in [3.8, 4) is 22.9 Å². The lowest BCUT2D eigenvalue weighted by atomic mass is 10.1. The van der Waals surface area contributed by atoms with Gasteiger partial charge in [0.1, 0.15) is 5.75 Å². The highest BCUT2D eigenvalue weighted by molar-refractivity contribution is 5.87. The fraction of sp³-hybridized carbons (Fsp3) is 0.105. The summed E-state index contributed by atoms with van der Waals surface area (Å²) < 4.78 is 10.3. The molecule has 0 fully saturated rings. The van der Waals surface area contributed by atoms with E-state index in [1.807, 2.05) is 54.6 Å². The van der Waals surface area contributed by atoms with E-state index in [1.54, 1.807) is 13.0 Å². The molecule has 0 amide bonds. The van der Waals surface area contributed by atoms with Crippen molar-refractivity contribution >= 4 is 5.97 Å². The number of hydrogen-bond acceptors (Lipinski definition) is 5. The zero-order valence-corrected chi connectivity index (χ0v) is 13.4. The van der Waals surface area contributed by atoms with Crippen LogP contribution in [0.1, 0.15) is 16.2 Å². The number of benzene rings is 2. The molecular formula is C19H16N2O3. The summed E-state index contributed by atoms with van der Waals surface area (Å²) in [5, 5.41) is 0. The van der Waals surface area contributed by atoms with Crippen LogP contribution in [0.25, 0.3) is 11.1 Å². The van der Waals surface area contributed by atoms with Crippen molar-refractivity contribution in [2.45, 2.75) is 6.92 Å². The van der Waals surface area contributed by atoms with Gasteiger partial charge in [-0.2, -0.15) is 4.98 Å². The maximum atomic E-state index is 11.6. The lowest BCUT2D eigenvalue weighted by Gasteiger charge is -2.07. The molecule has 24 heavy (non-hydrogen) atoms. The molecule has 0 aliphatic carbocycles. The fourth-order valence-corrected chi connectivity index (χ4v) is 2.25. The molecule has 3 rings (SSSR count). The second-order valence-corrected chi connectivity index (χ2v) is 5.16. The van der Waals surface area contributed by atoms with Gasteiger partial charge in [0.2, 0.25) is 0 Å². The third-order valence-corrected chi connectivity index (χ3v) is 3.40. The summed E-state index contributed by atoms with van der Waals surface area (Å²) in [4.78, 5) is 19.9. The minimum atomic E-state index is -0.523. The van der Waals surface area contributed by atoms with Crippen molar-refractivity contribution in [1.82, 2.24) is 9.97 Å². The van der Waals surface area contributed by atoms with Gasteiger partial charge in [0, 0.05) is 5.69 Å². The Morgan fingerprint density at radius 2 is 1.58 bits per heavy atom. The van der Waals surface area contributed by atoms with Gasteiger partial charge >= 0.3 is 12.0 Å². The van der Waals surface area contributed by atoms with Crippen molar-refractivity contribution < 1.29 is 14.3 Å². The normalized spacial score (nSPS) is 10.2. The quantitative estimate of drug-likeness (QED) is 0.679. The Kier molecular flexibility index (Phi) is 4.52. The monoisotopic (exact) mass is 320 g/mol. The standard InChI is InChI=1S/C19H16N2O3/c1-13-12-17(18(22)23-2)21-19(20-13)24-16-10-8-15(9-11-16)14-6-4-3-5-7-14/h3-12H,1-2H3. The molecule has 1 aromatic heterocycles. The van der Waals surface area contributed by atoms with Crippen molar-refractivity contribution in [2.75, 3.05) is 7.11 Å². The fourth-order valence-electron chi connectivity index (χ4n) is 2.25.